The maximum atomic E-state index is 11.4. The van der Waals surface area contributed by atoms with Crippen LogP contribution >= 0.6 is 22.9 Å². The summed E-state index contributed by atoms with van der Waals surface area (Å²) in [6.45, 7) is 5.88. The molecule has 0 radical (unpaired) electrons. The SMILES string of the molecule is COc1ccc2cc([C@H](C)c3nc4sc([C@H](c5ccc(Cl)cc5)N5CCN(C)CC5)c(O)n4n3)ccc2c1. The van der Waals surface area contributed by atoms with Crippen LogP contribution in [-0.2, 0) is 0 Å². The average molecular weight is 548 g/mol. The van der Waals surface area contributed by atoms with E-state index in [9.17, 15) is 5.11 Å². The Balaban J connectivity index is 1.34. The van der Waals surface area contributed by atoms with Crippen molar-refractivity contribution in [3.05, 3.63) is 87.5 Å². The number of ether oxygens (including phenoxy) is 1. The molecule has 2 atom stereocenters. The van der Waals surface area contributed by atoms with E-state index in [1.54, 1.807) is 11.6 Å². The van der Waals surface area contributed by atoms with Gasteiger partial charge in [0.2, 0.25) is 10.8 Å². The van der Waals surface area contributed by atoms with Gasteiger partial charge in [-0.2, -0.15) is 4.52 Å². The van der Waals surface area contributed by atoms with E-state index < -0.39 is 0 Å². The number of thiazole rings is 1. The lowest BCUT2D eigenvalue weighted by Crippen LogP contribution is -2.46. The quantitative estimate of drug-likeness (QED) is 0.290. The highest BCUT2D eigenvalue weighted by Gasteiger charge is 2.31. The molecule has 6 rings (SSSR count). The summed E-state index contributed by atoms with van der Waals surface area (Å²) in [5, 5.41) is 19.1. The molecule has 1 saturated heterocycles. The number of benzene rings is 3. The van der Waals surface area contributed by atoms with Crippen LogP contribution in [0.3, 0.4) is 0 Å². The molecule has 1 aliphatic heterocycles. The number of fused-ring (bicyclic) bond motifs is 2. The molecular weight excluding hydrogens is 518 g/mol. The maximum Gasteiger partial charge on any atom is 0.230 e. The molecule has 0 unspecified atom stereocenters. The summed E-state index contributed by atoms with van der Waals surface area (Å²) in [6, 6.07) is 20.3. The summed E-state index contributed by atoms with van der Waals surface area (Å²) in [5.74, 6) is 1.66. The Morgan fingerprint density at radius 2 is 1.63 bits per heavy atom. The molecule has 38 heavy (non-hydrogen) atoms. The highest BCUT2D eigenvalue weighted by molar-refractivity contribution is 7.17. The van der Waals surface area contributed by atoms with Crippen LogP contribution in [-0.4, -0.2) is 69.8 Å². The van der Waals surface area contributed by atoms with E-state index >= 15 is 0 Å². The van der Waals surface area contributed by atoms with Crippen LogP contribution in [0.15, 0.2) is 60.7 Å². The number of halogens is 1. The Morgan fingerprint density at radius 3 is 2.34 bits per heavy atom. The second-order valence-corrected chi connectivity index (χ2v) is 11.4. The topological polar surface area (TPSA) is 66.1 Å². The molecule has 2 aromatic heterocycles. The molecule has 1 fully saturated rings. The van der Waals surface area contributed by atoms with Crippen molar-refractivity contribution in [3.63, 3.8) is 0 Å². The van der Waals surface area contributed by atoms with E-state index in [1.165, 1.54) is 11.3 Å². The van der Waals surface area contributed by atoms with E-state index in [0.717, 1.165) is 58.7 Å². The number of nitrogens with zero attached hydrogens (tertiary/aromatic N) is 5. The molecule has 3 aromatic carbocycles. The van der Waals surface area contributed by atoms with Gasteiger partial charge in [0.1, 0.15) is 5.75 Å². The Kier molecular flexibility index (Phi) is 6.74. The van der Waals surface area contributed by atoms with Gasteiger partial charge in [-0.15, -0.1) is 5.10 Å². The first-order chi connectivity index (χ1) is 18.4. The smallest absolute Gasteiger partial charge is 0.230 e. The molecule has 1 aliphatic rings. The molecule has 196 valence electrons. The van der Waals surface area contributed by atoms with Crippen LogP contribution in [0.25, 0.3) is 15.7 Å². The van der Waals surface area contributed by atoms with E-state index in [1.807, 2.05) is 36.4 Å². The lowest BCUT2D eigenvalue weighted by atomic mass is 9.97. The van der Waals surface area contributed by atoms with Crippen molar-refractivity contribution < 1.29 is 9.84 Å². The third-order valence-corrected chi connectivity index (χ3v) is 8.84. The lowest BCUT2D eigenvalue weighted by Gasteiger charge is -2.37. The number of aromatic hydroxyl groups is 1. The van der Waals surface area contributed by atoms with Gasteiger partial charge >= 0.3 is 0 Å². The van der Waals surface area contributed by atoms with Crippen molar-refractivity contribution in [2.45, 2.75) is 18.9 Å². The summed E-state index contributed by atoms with van der Waals surface area (Å²) in [4.78, 5) is 11.2. The lowest BCUT2D eigenvalue weighted by molar-refractivity contribution is 0.127. The molecular formula is C29H30ClN5O2S. The summed E-state index contributed by atoms with van der Waals surface area (Å²) in [7, 11) is 3.82. The summed E-state index contributed by atoms with van der Waals surface area (Å²) in [5.41, 5.74) is 2.22. The predicted molar refractivity (Wildman–Crippen MR) is 153 cm³/mol. The van der Waals surface area contributed by atoms with Gasteiger partial charge < -0.3 is 14.7 Å². The van der Waals surface area contributed by atoms with Crippen molar-refractivity contribution in [2.75, 3.05) is 40.3 Å². The van der Waals surface area contributed by atoms with Gasteiger partial charge in [-0.1, -0.05) is 66.3 Å². The fraction of sp³-hybridized carbons (Fsp3) is 0.310. The van der Waals surface area contributed by atoms with E-state index in [4.69, 9.17) is 26.4 Å². The Bertz CT molecular complexity index is 1590. The molecule has 5 aromatic rings. The number of hydrogen-bond donors (Lipinski definition) is 1. The second-order valence-electron chi connectivity index (χ2n) is 9.94. The van der Waals surface area contributed by atoms with Gasteiger partial charge in [-0.3, -0.25) is 4.90 Å². The van der Waals surface area contributed by atoms with Crippen LogP contribution in [0.2, 0.25) is 5.02 Å². The highest BCUT2D eigenvalue weighted by Crippen LogP contribution is 2.41. The molecule has 3 heterocycles. The zero-order valence-electron chi connectivity index (χ0n) is 21.6. The van der Waals surface area contributed by atoms with Crippen LogP contribution in [0, 0.1) is 0 Å². The van der Waals surface area contributed by atoms with Gasteiger partial charge in [0, 0.05) is 37.1 Å². The first-order valence-corrected chi connectivity index (χ1v) is 13.9. The summed E-state index contributed by atoms with van der Waals surface area (Å²) in [6.07, 6.45) is 0. The Morgan fingerprint density at radius 1 is 0.947 bits per heavy atom. The molecule has 7 nitrogen and oxygen atoms in total. The van der Waals surface area contributed by atoms with Crippen molar-refractivity contribution in [1.82, 2.24) is 24.4 Å². The van der Waals surface area contributed by atoms with E-state index in [2.05, 4.69) is 48.0 Å². The first-order valence-electron chi connectivity index (χ1n) is 12.8. The van der Waals surface area contributed by atoms with Crippen molar-refractivity contribution >= 4 is 38.7 Å². The van der Waals surface area contributed by atoms with Crippen LogP contribution in [0.5, 0.6) is 11.6 Å². The van der Waals surface area contributed by atoms with Gasteiger partial charge in [0.15, 0.2) is 5.82 Å². The normalized spacial score (nSPS) is 16.7. The number of likely N-dealkylation sites (N-methyl/N-ethyl adjacent to an activating group) is 1. The van der Waals surface area contributed by atoms with Crippen molar-refractivity contribution in [2.24, 2.45) is 0 Å². The van der Waals surface area contributed by atoms with Crippen molar-refractivity contribution in [1.29, 1.82) is 0 Å². The minimum absolute atomic E-state index is 0.0267. The van der Waals surface area contributed by atoms with Gasteiger partial charge in [-0.05, 0) is 53.2 Å². The van der Waals surface area contributed by atoms with Crippen molar-refractivity contribution in [3.8, 4) is 11.6 Å². The molecule has 9 heteroatoms. The molecule has 1 N–H and O–H groups in total. The van der Waals surface area contributed by atoms with E-state index in [0.29, 0.717) is 15.8 Å². The number of hydrogen-bond acceptors (Lipinski definition) is 7. The minimum Gasteiger partial charge on any atom is -0.497 e. The standard InChI is InChI=1S/C29H30ClN5O2S/c1-18(20-4-5-22-17-24(37-3)11-8-21(22)16-20)27-31-29-35(32-27)28(36)26(38-29)25(19-6-9-23(30)10-7-19)34-14-12-33(2)13-15-34/h4-11,16-18,25,36H,12-15H2,1-3H3/t18-,25-/m0/s1. The first kappa shape index (κ1) is 25.1. The van der Waals surface area contributed by atoms with Crippen LogP contribution in [0.1, 0.15) is 40.7 Å². The van der Waals surface area contributed by atoms with Gasteiger partial charge in [0.25, 0.3) is 0 Å². The minimum atomic E-state index is -0.0900. The zero-order valence-corrected chi connectivity index (χ0v) is 23.2. The van der Waals surface area contributed by atoms with Crippen LogP contribution in [0.4, 0.5) is 0 Å². The molecule has 0 aliphatic carbocycles. The predicted octanol–water partition coefficient (Wildman–Crippen LogP) is 5.80. The monoisotopic (exact) mass is 547 g/mol. The average Bonchev–Trinajstić information content (AvgIpc) is 3.49. The number of piperazine rings is 1. The number of methoxy groups -OCH3 is 1. The fourth-order valence-corrected chi connectivity index (χ4v) is 6.42. The Hall–Kier alpha value is -3.17. The van der Waals surface area contributed by atoms with Gasteiger partial charge in [-0.25, -0.2) is 4.98 Å². The zero-order chi connectivity index (χ0) is 26.4. The number of aromatic nitrogens is 3. The summed E-state index contributed by atoms with van der Waals surface area (Å²) >= 11 is 7.69. The van der Waals surface area contributed by atoms with Crippen LogP contribution < -0.4 is 4.74 Å². The maximum absolute atomic E-state index is 11.4. The highest BCUT2D eigenvalue weighted by atomic mass is 35.5. The van der Waals surface area contributed by atoms with Gasteiger partial charge in [0.05, 0.1) is 18.0 Å². The largest absolute Gasteiger partial charge is 0.497 e. The summed E-state index contributed by atoms with van der Waals surface area (Å²) < 4.78 is 6.95. The molecule has 0 amide bonds. The Labute approximate surface area is 230 Å². The molecule has 0 saturated carbocycles. The number of rotatable bonds is 6. The third kappa shape index (κ3) is 4.62. The molecule has 0 spiro atoms. The third-order valence-electron chi connectivity index (χ3n) is 7.51. The fourth-order valence-electron chi connectivity index (χ4n) is 5.17. The van der Waals surface area contributed by atoms with E-state index in [-0.39, 0.29) is 17.8 Å². The molecule has 0 bridgehead atoms. The second kappa shape index (κ2) is 10.2.